The molecule has 19 heavy (non-hydrogen) atoms. The van der Waals surface area contributed by atoms with Crippen LogP contribution in [-0.2, 0) is 0 Å². The molecule has 0 aromatic carbocycles. The maximum Gasteiger partial charge on any atom is 0.242 e. The molecule has 0 bridgehead atoms. The number of rotatable bonds is 7. The summed E-state index contributed by atoms with van der Waals surface area (Å²) in [6, 6.07) is 0.535. The van der Waals surface area contributed by atoms with Crippen molar-refractivity contribution in [2.24, 2.45) is 0 Å². The van der Waals surface area contributed by atoms with Crippen molar-refractivity contribution < 1.29 is 4.74 Å². The van der Waals surface area contributed by atoms with Crippen molar-refractivity contribution in [3.8, 4) is 5.88 Å². The Labute approximate surface area is 114 Å². The van der Waals surface area contributed by atoms with Crippen molar-refractivity contribution in [2.75, 3.05) is 17.7 Å². The maximum absolute atomic E-state index is 6.12. The Kier molecular flexibility index (Phi) is 3.44. The zero-order valence-electron chi connectivity index (χ0n) is 11.5. The van der Waals surface area contributed by atoms with Crippen LogP contribution in [0.5, 0.6) is 5.88 Å². The molecule has 0 atom stereocenters. The monoisotopic (exact) mass is 262 g/mol. The van der Waals surface area contributed by atoms with Crippen LogP contribution in [0.4, 0.5) is 11.5 Å². The molecule has 2 aliphatic carbocycles. The Morgan fingerprint density at radius 2 is 2.05 bits per heavy atom. The lowest BCUT2D eigenvalue weighted by Crippen LogP contribution is -2.12. The standard InChI is InChI=1S/C14H22N4O/c1-2-3-8-19-14-11(15)13(16-10-6-7-10)17-12(18-14)9-4-5-9/h9-10H,2-8,15H2,1H3,(H,16,17,18). The Morgan fingerprint density at radius 1 is 1.26 bits per heavy atom. The zero-order valence-corrected chi connectivity index (χ0v) is 11.5. The van der Waals surface area contributed by atoms with E-state index >= 15 is 0 Å². The molecule has 1 aromatic heterocycles. The Balaban J connectivity index is 1.80. The topological polar surface area (TPSA) is 73.1 Å². The van der Waals surface area contributed by atoms with Crippen LogP contribution in [0, 0.1) is 0 Å². The summed E-state index contributed by atoms with van der Waals surface area (Å²) in [6.07, 6.45) is 6.89. The van der Waals surface area contributed by atoms with Crippen LogP contribution in [0.3, 0.4) is 0 Å². The van der Waals surface area contributed by atoms with Gasteiger partial charge in [-0.1, -0.05) is 13.3 Å². The van der Waals surface area contributed by atoms with Crippen molar-refractivity contribution >= 4 is 11.5 Å². The van der Waals surface area contributed by atoms with Gasteiger partial charge >= 0.3 is 0 Å². The predicted octanol–water partition coefficient (Wildman–Crippen LogP) is 2.69. The van der Waals surface area contributed by atoms with Gasteiger partial charge in [-0.25, -0.2) is 4.98 Å². The zero-order chi connectivity index (χ0) is 13.2. The summed E-state index contributed by atoms with van der Waals surface area (Å²) in [5.41, 5.74) is 6.68. The fourth-order valence-electron chi connectivity index (χ4n) is 1.94. The third kappa shape index (κ3) is 3.08. The summed E-state index contributed by atoms with van der Waals surface area (Å²) >= 11 is 0. The molecule has 3 N–H and O–H groups in total. The molecule has 1 aromatic rings. The molecular formula is C14H22N4O. The second kappa shape index (κ2) is 5.23. The minimum absolute atomic E-state index is 0.508. The van der Waals surface area contributed by atoms with Crippen molar-refractivity contribution in [1.29, 1.82) is 0 Å². The number of nitrogens with two attached hydrogens (primary N) is 1. The van der Waals surface area contributed by atoms with Crippen LogP contribution in [0.2, 0.25) is 0 Å². The second-order valence-corrected chi connectivity index (χ2v) is 5.54. The van der Waals surface area contributed by atoms with E-state index in [1.54, 1.807) is 0 Å². The minimum atomic E-state index is 0.508. The molecule has 2 saturated carbocycles. The summed E-state index contributed by atoms with van der Waals surface area (Å²) in [4.78, 5) is 9.07. The highest BCUT2D eigenvalue weighted by atomic mass is 16.5. The molecule has 0 aliphatic heterocycles. The molecule has 104 valence electrons. The number of unbranched alkanes of at least 4 members (excludes halogenated alkanes) is 1. The van der Waals surface area contributed by atoms with Gasteiger partial charge in [0.15, 0.2) is 5.82 Å². The first-order valence-electron chi connectivity index (χ1n) is 7.34. The lowest BCUT2D eigenvalue weighted by molar-refractivity contribution is 0.298. The van der Waals surface area contributed by atoms with Crippen molar-refractivity contribution in [3.63, 3.8) is 0 Å². The molecule has 0 radical (unpaired) electrons. The van der Waals surface area contributed by atoms with Gasteiger partial charge in [0.05, 0.1) is 6.61 Å². The quantitative estimate of drug-likeness (QED) is 0.739. The molecule has 5 heteroatoms. The van der Waals surface area contributed by atoms with E-state index in [2.05, 4.69) is 22.2 Å². The maximum atomic E-state index is 6.12. The van der Waals surface area contributed by atoms with E-state index in [1.165, 1.54) is 25.7 Å². The summed E-state index contributed by atoms with van der Waals surface area (Å²) in [5.74, 6) is 2.73. The molecule has 0 spiro atoms. The number of aromatic nitrogens is 2. The van der Waals surface area contributed by atoms with Gasteiger partial charge in [-0.3, -0.25) is 0 Å². The molecule has 1 heterocycles. The van der Waals surface area contributed by atoms with Gasteiger partial charge in [0.2, 0.25) is 5.88 Å². The van der Waals surface area contributed by atoms with Crippen LogP contribution in [0.15, 0.2) is 0 Å². The van der Waals surface area contributed by atoms with Gasteiger partial charge in [0, 0.05) is 12.0 Å². The fraction of sp³-hybridized carbons (Fsp3) is 0.714. The average molecular weight is 262 g/mol. The van der Waals surface area contributed by atoms with Gasteiger partial charge in [-0.05, 0) is 32.1 Å². The van der Waals surface area contributed by atoms with Crippen LogP contribution >= 0.6 is 0 Å². The Hall–Kier alpha value is -1.52. The highest BCUT2D eigenvalue weighted by molar-refractivity contribution is 5.67. The SMILES string of the molecule is CCCCOc1nc(C2CC2)nc(NC2CC2)c1N. The summed E-state index contributed by atoms with van der Waals surface area (Å²) in [6.45, 7) is 2.81. The van der Waals surface area contributed by atoms with Gasteiger partial charge in [-0.2, -0.15) is 4.98 Å². The Morgan fingerprint density at radius 3 is 2.68 bits per heavy atom. The third-order valence-corrected chi connectivity index (χ3v) is 3.53. The van der Waals surface area contributed by atoms with Gasteiger partial charge in [0.1, 0.15) is 11.5 Å². The Bertz CT molecular complexity index is 455. The summed E-state index contributed by atoms with van der Waals surface area (Å²) in [7, 11) is 0. The fourth-order valence-corrected chi connectivity index (χ4v) is 1.94. The van der Waals surface area contributed by atoms with E-state index in [9.17, 15) is 0 Å². The summed E-state index contributed by atoms with van der Waals surface area (Å²) < 4.78 is 5.72. The van der Waals surface area contributed by atoms with E-state index in [1.807, 2.05) is 0 Å². The third-order valence-electron chi connectivity index (χ3n) is 3.53. The molecule has 2 fully saturated rings. The average Bonchev–Trinajstić information content (AvgIpc) is 3.27. The van der Waals surface area contributed by atoms with E-state index in [4.69, 9.17) is 10.5 Å². The van der Waals surface area contributed by atoms with Crippen LogP contribution in [0.1, 0.15) is 57.2 Å². The second-order valence-electron chi connectivity index (χ2n) is 5.54. The van der Waals surface area contributed by atoms with Crippen LogP contribution in [-0.4, -0.2) is 22.6 Å². The lowest BCUT2D eigenvalue weighted by atomic mass is 10.3. The number of hydrogen-bond acceptors (Lipinski definition) is 5. The van der Waals surface area contributed by atoms with Crippen LogP contribution < -0.4 is 15.8 Å². The first-order chi connectivity index (χ1) is 9.28. The number of anilines is 2. The van der Waals surface area contributed by atoms with Crippen LogP contribution in [0.25, 0.3) is 0 Å². The van der Waals surface area contributed by atoms with E-state index in [0.717, 1.165) is 24.5 Å². The predicted molar refractivity (Wildman–Crippen MR) is 75.5 cm³/mol. The van der Waals surface area contributed by atoms with Gasteiger partial charge in [0.25, 0.3) is 0 Å². The first-order valence-corrected chi connectivity index (χ1v) is 7.34. The molecule has 0 amide bonds. The summed E-state index contributed by atoms with van der Waals surface area (Å²) in [5, 5.41) is 3.38. The molecule has 0 unspecified atom stereocenters. The van der Waals surface area contributed by atoms with E-state index in [0.29, 0.717) is 30.1 Å². The lowest BCUT2D eigenvalue weighted by Gasteiger charge is -2.13. The number of ether oxygens (including phenoxy) is 1. The number of nitrogens with zero attached hydrogens (tertiary/aromatic N) is 2. The highest BCUT2D eigenvalue weighted by Gasteiger charge is 2.30. The van der Waals surface area contributed by atoms with Crippen molar-refractivity contribution in [1.82, 2.24) is 9.97 Å². The van der Waals surface area contributed by atoms with Gasteiger partial charge in [-0.15, -0.1) is 0 Å². The molecule has 5 nitrogen and oxygen atoms in total. The molecule has 0 saturated heterocycles. The van der Waals surface area contributed by atoms with Crippen molar-refractivity contribution in [3.05, 3.63) is 5.82 Å². The van der Waals surface area contributed by atoms with E-state index in [-0.39, 0.29) is 0 Å². The number of nitrogen functional groups attached to an aromatic ring is 1. The largest absolute Gasteiger partial charge is 0.476 e. The highest BCUT2D eigenvalue weighted by Crippen LogP contribution is 2.41. The minimum Gasteiger partial charge on any atom is -0.476 e. The molecular weight excluding hydrogens is 240 g/mol. The number of hydrogen-bond donors (Lipinski definition) is 2. The molecule has 3 rings (SSSR count). The van der Waals surface area contributed by atoms with E-state index < -0.39 is 0 Å². The smallest absolute Gasteiger partial charge is 0.242 e. The normalized spacial score (nSPS) is 18.4. The van der Waals surface area contributed by atoms with Crippen molar-refractivity contribution in [2.45, 2.75) is 57.4 Å². The molecule has 2 aliphatic rings. The first kappa shape index (κ1) is 12.5. The van der Waals surface area contributed by atoms with Gasteiger partial charge < -0.3 is 15.8 Å². The number of nitrogens with one attached hydrogen (secondary N) is 1.